The molecule has 0 radical (unpaired) electrons. The smallest absolute Gasteiger partial charge is 0.231 e. The van der Waals surface area contributed by atoms with E-state index in [2.05, 4.69) is 39.4 Å². The van der Waals surface area contributed by atoms with Crippen LogP contribution in [0.25, 0.3) is 0 Å². The number of nitrogens with one attached hydrogen (secondary N) is 3. The van der Waals surface area contributed by atoms with Crippen LogP contribution in [0.1, 0.15) is 45.4 Å². The normalized spacial score (nSPS) is 12.5. The summed E-state index contributed by atoms with van der Waals surface area (Å²) in [5, 5.41) is 15.2. The van der Waals surface area contributed by atoms with E-state index < -0.39 is 5.41 Å². The van der Waals surface area contributed by atoms with Crippen LogP contribution in [-0.4, -0.2) is 33.4 Å². The molecule has 0 aliphatic carbocycles. The van der Waals surface area contributed by atoms with Gasteiger partial charge in [-0.3, -0.25) is 4.79 Å². The van der Waals surface area contributed by atoms with Crippen LogP contribution in [0.15, 0.2) is 30.9 Å². The van der Waals surface area contributed by atoms with Crippen LogP contribution in [0, 0.1) is 17.2 Å². The summed E-state index contributed by atoms with van der Waals surface area (Å²) >= 11 is 0. The van der Waals surface area contributed by atoms with E-state index in [0.29, 0.717) is 23.8 Å². The molecule has 7 nitrogen and oxygen atoms in total. The van der Waals surface area contributed by atoms with Crippen LogP contribution in [0.5, 0.6) is 0 Å². The van der Waals surface area contributed by atoms with Crippen LogP contribution < -0.4 is 10.6 Å². The van der Waals surface area contributed by atoms with Crippen molar-refractivity contribution < 1.29 is 4.79 Å². The number of H-pyrrole nitrogens is 1. The summed E-state index contributed by atoms with van der Waals surface area (Å²) in [6.07, 6.45) is 5.62. The maximum Gasteiger partial charge on any atom is 0.231 e. The Bertz CT molecular complexity index is 743. The molecule has 26 heavy (non-hydrogen) atoms. The van der Waals surface area contributed by atoms with Crippen molar-refractivity contribution >= 4 is 11.7 Å². The number of aromatic amines is 1. The highest BCUT2D eigenvalue weighted by atomic mass is 16.2. The van der Waals surface area contributed by atoms with Gasteiger partial charge in [-0.1, -0.05) is 13.8 Å². The number of imidazole rings is 1. The third kappa shape index (κ3) is 5.06. The van der Waals surface area contributed by atoms with Crippen molar-refractivity contribution in [2.45, 2.75) is 45.6 Å². The number of pyridine rings is 1. The zero-order valence-electron chi connectivity index (χ0n) is 15.7. The third-order valence-corrected chi connectivity index (χ3v) is 4.25. The summed E-state index contributed by atoms with van der Waals surface area (Å²) in [5.74, 6) is 1.06. The fraction of sp³-hybridized carbons (Fsp3) is 0.474. The quantitative estimate of drug-likeness (QED) is 0.675. The van der Waals surface area contributed by atoms with Gasteiger partial charge in [-0.05, 0) is 38.3 Å². The lowest BCUT2D eigenvalue weighted by Crippen LogP contribution is -2.48. The van der Waals surface area contributed by atoms with E-state index in [1.165, 1.54) is 6.20 Å². The highest BCUT2D eigenvalue weighted by Gasteiger charge is 2.32. The summed E-state index contributed by atoms with van der Waals surface area (Å²) in [4.78, 5) is 24.0. The first-order valence-corrected chi connectivity index (χ1v) is 8.72. The molecule has 2 aromatic heterocycles. The fourth-order valence-electron chi connectivity index (χ4n) is 2.64. The molecular formula is C19H26N6O. The van der Waals surface area contributed by atoms with Crippen molar-refractivity contribution in [3.8, 4) is 6.07 Å². The van der Waals surface area contributed by atoms with E-state index in [9.17, 15) is 4.79 Å². The van der Waals surface area contributed by atoms with Crippen LogP contribution in [0.3, 0.4) is 0 Å². The number of nitrogens with zero attached hydrogens (tertiary/aromatic N) is 3. The van der Waals surface area contributed by atoms with Gasteiger partial charge in [0.05, 0.1) is 17.3 Å². The first-order chi connectivity index (χ1) is 12.3. The van der Waals surface area contributed by atoms with Crippen molar-refractivity contribution in [2.75, 3.05) is 11.9 Å². The Morgan fingerprint density at radius 3 is 2.65 bits per heavy atom. The molecular weight excluding hydrogens is 328 g/mol. The predicted molar refractivity (Wildman–Crippen MR) is 100 cm³/mol. The van der Waals surface area contributed by atoms with E-state index in [0.717, 1.165) is 12.1 Å². The standard InChI is InChI=1S/C19H26N6O/c1-13(2)7-15(10-23-17-6-5-14(8-20)9-22-17)25-18(26)19(3,4)16-11-21-12-24-16/h5-6,9,11-13,15H,7,10H2,1-4H3,(H,21,24)(H,22,23)(H,25,26). The second-order valence-corrected chi connectivity index (χ2v) is 7.32. The van der Waals surface area contributed by atoms with Crippen molar-refractivity contribution in [1.29, 1.82) is 5.26 Å². The third-order valence-electron chi connectivity index (χ3n) is 4.25. The molecule has 0 saturated carbocycles. The van der Waals surface area contributed by atoms with Gasteiger partial charge in [-0.25, -0.2) is 9.97 Å². The van der Waals surface area contributed by atoms with Gasteiger partial charge in [-0.15, -0.1) is 0 Å². The molecule has 0 bridgehead atoms. The summed E-state index contributed by atoms with van der Waals surface area (Å²) in [5.41, 5.74) is 0.599. The number of rotatable bonds is 8. The maximum atomic E-state index is 12.8. The molecule has 0 saturated heterocycles. The molecule has 3 N–H and O–H groups in total. The van der Waals surface area contributed by atoms with Gasteiger partial charge in [0.1, 0.15) is 11.9 Å². The average molecular weight is 354 g/mol. The lowest BCUT2D eigenvalue weighted by atomic mass is 9.88. The lowest BCUT2D eigenvalue weighted by molar-refractivity contribution is -0.126. The van der Waals surface area contributed by atoms with E-state index in [1.54, 1.807) is 24.7 Å². The number of anilines is 1. The van der Waals surface area contributed by atoms with Gasteiger partial charge in [0, 0.05) is 30.7 Å². The SMILES string of the molecule is CC(C)CC(CNc1ccc(C#N)cn1)NC(=O)C(C)(C)c1cnc[nH]1. The summed E-state index contributed by atoms with van der Waals surface area (Å²) in [7, 11) is 0. The molecule has 2 rings (SSSR count). The highest BCUT2D eigenvalue weighted by molar-refractivity contribution is 5.87. The molecule has 2 heterocycles. The Kier molecular flexibility index (Phi) is 6.34. The molecule has 0 aliphatic heterocycles. The van der Waals surface area contributed by atoms with Crippen LogP contribution in [0.2, 0.25) is 0 Å². The monoisotopic (exact) mass is 354 g/mol. The summed E-state index contributed by atoms with van der Waals surface area (Å²) < 4.78 is 0. The number of aromatic nitrogens is 3. The largest absolute Gasteiger partial charge is 0.368 e. The van der Waals surface area contributed by atoms with Crippen LogP contribution in [0.4, 0.5) is 5.82 Å². The van der Waals surface area contributed by atoms with Crippen molar-refractivity contribution in [3.63, 3.8) is 0 Å². The van der Waals surface area contributed by atoms with Gasteiger partial charge in [0.2, 0.25) is 5.91 Å². The molecule has 0 aromatic carbocycles. The number of hydrogen-bond donors (Lipinski definition) is 3. The zero-order chi connectivity index (χ0) is 19.2. The van der Waals surface area contributed by atoms with E-state index in [1.807, 2.05) is 19.9 Å². The molecule has 1 amide bonds. The molecule has 7 heteroatoms. The summed E-state index contributed by atoms with van der Waals surface area (Å²) in [6.45, 7) is 8.55. The van der Waals surface area contributed by atoms with Gasteiger partial charge < -0.3 is 15.6 Å². The minimum absolute atomic E-state index is 0.0397. The second-order valence-electron chi connectivity index (χ2n) is 7.32. The van der Waals surface area contributed by atoms with Gasteiger partial charge >= 0.3 is 0 Å². The minimum Gasteiger partial charge on any atom is -0.368 e. The molecule has 0 fully saturated rings. The Morgan fingerprint density at radius 1 is 1.35 bits per heavy atom. The van der Waals surface area contributed by atoms with Crippen molar-refractivity contribution in [3.05, 3.63) is 42.1 Å². The van der Waals surface area contributed by atoms with Crippen LogP contribution in [-0.2, 0) is 10.2 Å². The van der Waals surface area contributed by atoms with E-state index in [4.69, 9.17) is 5.26 Å². The summed E-state index contributed by atoms with van der Waals surface area (Å²) in [6, 6.07) is 5.49. The molecule has 0 spiro atoms. The average Bonchev–Trinajstić information content (AvgIpc) is 3.15. The number of amides is 1. The van der Waals surface area contributed by atoms with Crippen molar-refractivity contribution in [2.24, 2.45) is 5.92 Å². The first kappa shape index (κ1) is 19.4. The Labute approximate surface area is 154 Å². The topological polar surface area (TPSA) is 106 Å². The lowest BCUT2D eigenvalue weighted by Gasteiger charge is -2.27. The van der Waals surface area contributed by atoms with Gasteiger partial charge in [0.25, 0.3) is 0 Å². The molecule has 138 valence electrons. The fourth-order valence-corrected chi connectivity index (χ4v) is 2.64. The molecule has 2 aromatic rings. The number of nitriles is 1. The van der Waals surface area contributed by atoms with E-state index >= 15 is 0 Å². The van der Waals surface area contributed by atoms with Crippen molar-refractivity contribution in [1.82, 2.24) is 20.3 Å². The zero-order valence-corrected chi connectivity index (χ0v) is 15.7. The maximum absolute atomic E-state index is 12.8. The minimum atomic E-state index is -0.696. The molecule has 1 atom stereocenters. The number of carbonyl (C=O) groups excluding carboxylic acids is 1. The first-order valence-electron chi connectivity index (χ1n) is 8.72. The number of carbonyl (C=O) groups is 1. The Balaban J connectivity index is 2.02. The molecule has 1 unspecified atom stereocenters. The van der Waals surface area contributed by atoms with Crippen LogP contribution >= 0.6 is 0 Å². The Hall–Kier alpha value is -2.88. The second kappa shape index (κ2) is 8.48. The van der Waals surface area contributed by atoms with Gasteiger partial charge in [-0.2, -0.15) is 5.26 Å². The molecule has 0 aliphatic rings. The number of hydrogen-bond acceptors (Lipinski definition) is 5. The Morgan fingerprint density at radius 2 is 2.12 bits per heavy atom. The van der Waals surface area contributed by atoms with E-state index in [-0.39, 0.29) is 11.9 Å². The highest BCUT2D eigenvalue weighted by Crippen LogP contribution is 2.21. The van der Waals surface area contributed by atoms with Gasteiger partial charge in [0.15, 0.2) is 0 Å². The predicted octanol–water partition coefficient (Wildman–Crippen LogP) is 2.60.